The number of benzene rings is 1. The highest BCUT2D eigenvalue weighted by Gasteiger charge is 2.22. The molecule has 1 heterocycles. The molecule has 0 unspecified atom stereocenters. The second-order valence-electron chi connectivity index (χ2n) is 5.95. The van der Waals surface area contributed by atoms with E-state index in [0.29, 0.717) is 17.0 Å². The highest BCUT2D eigenvalue weighted by molar-refractivity contribution is 5.58. The molecule has 0 saturated heterocycles. The summed E-state index contributed by atoms with van der Waals surface area (Å²) in [5, 5.41) is 0. The van der Waals surface area contributed by atoms with Gasteiger partial charge in [0.25, 0.3) is 5.56 Å². The van der Waals surface area contributed by atoms with Crippen LogP contribution in [-0.4, -0.2) is 16.7 Å². The van der Waals surface area contributed by atoms with E-state index in [0.717, 1.165) is 5.56 Å². The van der Waals surface area contributed by atoms with Crippen LogP contribution in [0.1, 0.15) is 31.9 Å². The van der Waals surface area contributed by atoms with Crippen molar-refractivity contribution in [3.8, 4) is 23.8 Å². The van der Waals surface area contributed by atoms with Crippen molar-refractivity contribution in [3.05, 3.63) is 56.4 Å². The maximum atomic E-state index is 12.0. The number of aromatic amines is 1. The summed E-state index contributed by atoms with van der Waals surface area (Å²) in [6.45, 7) is 6.10. The first-order valence-corrected chi connectivity index (χ1v) is 6.79. The van der Waals surface area contributed by atoms with Gasteiger partial charge in [-0.15, -0.1) is 6.42 Å². The first-order chi connectivity index (χ1) is 10.3. The fraction of sp³-hybridized carbons (Fsp3) is 0.294. The van der Waals surface area contributed by atoms with Gasteiger partial charge < -0.3 is 4.74 Å². The van der Waals surface area contributed by atoms with Crippen LogP contribution in [0.3, 0.4) is 0 Å². The van der Waals surface area contributed by atoms with Gasteiger partial charge in [0.1, 0.15) is 5.75 Å². The molecular formula is C17H18N2O3. The summed E-state index contributed by atoms with van der Waals surface area (Å²) < 4.78 is 6.79. The van der Waals surface area contributed by atoms with Crippen LogP contribution in [0.5, 0.6) is 5.75 Å². The van der Waals surface area contributed by atoms with Gasteiger partial charge >= 0.3 is 5.69 Å². The molecule has 0 atom stereocenters. The second kappa shape index (κ2) is 5.57. The number of H-pyrrole nitrogens is 1. The molecule has 2 aromatic rings. The zero-order valence-electron chi connectivity index (χ0n) is 13.1. The number of aromatic nitrogens is 2. The Morgan fingerprint density at radius 2 is 1.95 bits per heavy atom. The molecule has 0 saturated carbocycles. The van der Waals surface area contributed by atoms with Crippen molar-refractivity contribution >= 4 is 0 Å². The Balaban J connectivity index is 2.82. The zero-order chi connectivity index (χ0) is 16.5. The van der Waals surface area contributed by atoms with E-state index in [-0.39, 0.29) is 5.41 Å². The fourth-order valence-electron chi connectivity index (χ4n) is 2.26. The monoisotopic (exact) mass is 298 g/mol. The lowest BCUT2D eigenvalue weighted by molar-refractivity contribution is 0.396. The second-order valence-corrected chi connectivity index (χ2v) is 5.95. The fourth-order valence-corrected chi connectivity index (χ4v) is 2.26. The number of ether oxygens (including phenoxy) is 1. The minimum Gasteiger partial charge on any atom is -0.495 e. The molecule has 0 radical (unpaired) electrons. The quantitative estimate of drug-likeness (QED) is 0.860. The van der Waals surface area contributed by atoms with Crippen molar-refractivity contribution in [3.63, 3.8) is 0 Å². The van der Waals surface area contributed by atoms with Crippen LogP contribution in [0.4, 0.5) is 0 Å². The van der Waals surface area contributed by atoms with E-state index in [1.54, 1.807) is 13.2 Å². The van der Waals surface area contributed by atoms with E-state index in [2.05, 4.69) is 10.9 Å². The Morgan fingerprint density at radius 3 is 2.45 bits per heavy atom. The first kappa shape index (κ1) is 15.6. The molecule has 5 nitrogen and oxygen atoms in total. The van der Waals surface area contributed by atoms with Crippen molar-refractivity contribution in [2.75, 3.05) is 7.11 Å². The third-order valence-electron chi connectivity index (χ3n) is 3.34. The number of hydrogen-bond acceptors (Lipinski definition) is 3. The van der Waals surface area contributed by atoms with Gasteiger partial charge in [-0.25, -0.2) is 4.79 Å². The first-order valence-electron chi connectivity index (χ1n) is 6.79. The summed E-state index contributed by atoms with van der Waals surface area (Å²) in [6.07, 6.45) is 7.00. The van der Waals surface area contributed by atoms with E-state index in [4.69, 9.17) is 11.2 Å². The highest BCUT2D eigenvalue weighted by atomic mass is 16.5. The predicted octanol–water partition coefficient (Wildman–Crippen LogP) is 1.81. The van der Waals surface area contributed by atoms with Crippen LogP contribution >= 0.6 is 0 Å². The van der Waals surface area contributed by atoms with Crippen LogP contribution in [0.15, 0.2) is 34.0 Å². The lowest BCUT2D eigenvalue weighted by Crippen LogP contribution is -2.28. The Hall–Kier alpha value is -2.74. The van der Waals surface area contributed by atoms with Crippen molar-refractivity contribution in [2.24, 2.45) is 0 Å². The van der Waals surface area contributed by atoms with Crippen LogP contribution < -0.4 is 16.0 Å². The standard InChI is InChI=1S/C17H18N2O3/c1-6-11-9-12(19-8-7-14(20)18-16(19)21)10-13(15(11)22-5)17(2,3)4/h1,7-10H,2-5H3,(H,18,20,21). The third kappa shape index (κ3) is 2.82. The zero-order valence-corrected chi connectivity index (χ0v) is 13.1. The molecule has 0 aliphatic heterocycles. The van der Waals surface area contributed by atoms with Gasteiger partial charge in [0, 0.05) is 17.8 Å². The van der Waals surface area contributed by atoms with E-state index in [9.17, 15) is 9.59 Å². The number of rotatable bonds is 2. The molecule has 1 aromatic heterocycles. The van der Waals surface area contributed by atoms with Gasteiger partial charge in [0.2, 0.25) is 0 Å². The summed E-state index contributed by atoms with van der Waals surface area (Å²) >= 11 is 0. The molecule has 0 spiro atoms. The molecule has 2 rings (SSSR count). The summed E-state index contributed by atoms with van der Waals surface area (Å²) in [6, 6.07) is 4.82. The molecule has 1 N–H and O–H groups in total. The Bertz CT molecular complexity index is 861. The topological polar surface area (TPSA) is 64.1 Å². The van der Waals surface area contributed by atoms with Gasteiger partial charge in [-0.2, -0.15) is 0 Å². The summed E-state index contributed by atoms with van der Waals surface area (Å²) in [5.41, 5.74) is 0.851. The minimum atomic E-state index is -0.513. The molecule has 5 heteroatoms. The smallest absolute Gasteiger partial charge is 0.332 e. The summed E-state index contributed by atoms with van der Waals surface area (Å²) in [5.74, 6) is 3.21. The molecule has 1 aromatic carbocycles. The van der Waals surface area contributed by atoms with Crippen LogP contribution in [0, 0.1) is 12.3 Å². The van der Waals surface area contributed by atoms with Crippen molar-refractivity contribution < 1.29 is 4.74 Å². The molecule has 0 aliphatic rings. The Kier molecular flexibility index (Phi) is 3.96. The van der Waals surface area contributed by atoms with E-state index in [1.165, 1.54) is 16.8 Å². The van der Waals surface area contributed by atoms with Gasteiger partial charge in [0.05, 0.1) is 18.4 Å². The molecule has 114 valence electrons. The van der Waals surface area contributed by atoms with Crippen LogP contribution in [-0.2, 0) is 5.41 Å². The molecule has 0 bridgehead atoms. The Labute approximate surface area is 128 Å². The molecule has 0 fully saturated rings. The van der Waals surface area contributed by atoms with Crippen molar-refractivity contribution in [1.82, 2.24) is 9.55 Å². The number of hydrogen-bond donors (Lipinski definition) is 1. The highest BCUT2D eigenvalue weighted by Crippen LogP contribution is 2.35. The normalized spacial score (nSPS) is 11.0. The largest absolute Gasteiger partial charge is 0.495 e. The molecule has 0 amide bonds. The summed E-state index contributed by atoms with van der Waals surface area (Å²) in [4.78, 5) is 25.4. The van der Waals surface area contributed by atoms with Gasteiger partial charge in [-0.1, -0.05) is 26.7 Å². The average molecular weight is 298 g/mol. The van der Waals surface area contributed by atoms with E-state index in [1.807, 2.05) is 26.8 Å². The number of nitrogens with zero attached hydrogens (tertiary/aromatic N) is 1. The van der Waals surface area contributed by atoms with Crippen LogP contribution in [0.2, 0.25) is 0 Å². The summed E-state index contributed by atoms with van der Waals surface area (Å²) in [7, 11) is 1.57. The average Bonchev–Trinajstić information content (AvgIpc) is 2.44. The maximum Gasteiger partial charge on any atom is 0.332 e. The lowest BCUT2D eigenvalue weighted by Gasteiger charge is -2.24. The van der Waals surface area contributed by atoms with Crippen molar-refractivity contribution in [1.29, 1.82) is 0 Å². The third-order valence-corrected chi connectivity index (χ3v) is 3.34. The lowest BCUT2D eigenvalue weighted by atomic mass is 9.84. The van der Waals surface area contributed by atoms with Gasteiger partial charge in [0.15, 0.2) is 0 Å². The number of nitrogens with one attached hydrogen (secondary N) is 1. The predicted molar refractivity (Wildman–Crippen MR) is 85.8 cm³/mol. The van der Waals surface area contributed by atoms with E-state index < -0.39 is 11.2 Å². The SMILES string of the molecule is C#Cc1cc(-n2ccc(=O)[nH]c2=O)cc(C(C)(C)C)c1OC. The van der Waals surface area contributed by atoms with Gasteiger partial charge in [-0.3, -0.25) is 14.3 Å². The molecular weight excluding hydrogens is 280 g/mol. The Morgan fingerprint density at radius 1 is 1.27 bits per heavy atom. The van der Waals surface area contributed by atoms with E-state index >= 15 is 0 Å². The maximum absolute atomic E-state index is 12.0. The molecule has 22 heavy (non-hydrogen) atoms. The van der Waals surface area contributed by atoms with Crippen LogP contribution in [0.25, 0.3) is 5.69 Å². The molecule has 0 aliphatic carbocycles. The van der Waals surface area contributed by atoms with Gasteiger partial charge in [-0.05, 0) is 17.5 Å². The van der Waals surface area contributed by atoms with Crippen molar-refractivity contribution in [2.45, 2.75) is 26.2 Å². The minimum absolute atomic E-state index is 0.223. The number of methoxy groups -OCH3 is 1. The number of terminal acetylenes is 1.